The first-order valence-electron chi connectivity index (χ1n) is 8.77. The highest BCUT2D eigenvalue weighted by molar-refractivity contribution is 6.30. The van der Waals surface area contributed by atoms with E-state index in [1.165, 1.54) is 0 Å². The number of hydrogen-bond donors (Lipinski definition) is 0. The third-order valence-electron chi connectivity index (χ3n) is 4.32. The Morgan fingerprint density at radius 2 is 1.82 bits per heavy atom. The second kappa shape index (κ2) is 9.24. The number of anilines is 1. The van der Waals surface area contributed by atoms with Crippen LogP contribution in [0, 0.1) is 0 Å². The van der Waals surface area contributed by atoms with Gasteiger partial charge in [-0.25, -0.2) is 0 Å². The zero-order valence-corrected chi connectivity index (χ0v) is 16.5. The van der Waals surface area contributed by atoms with Gasteiger partial charge in [-0.1, -0.05) is 23.7 Å². The normalized spacial score (nSPS) is 10.4. The van der Waals surface area contributed by atoms with Crippen molar-refractivity contribution in [2.75, 3.05) is 19.1 Å². The number of rotatable bonds is 7. The highest BCUT2D eigenvalue weighted by Crippen LogP contribution is 2.27. The summed E-state index contributed by atoms with van der Waals surface area (Å²) in [6.07, 6.45) is 1.90. The predicted octanol–water partition coefficient (Wildman–Crippen LogP) is 4.53. The van der Waals surface area contributed by atoms with E-state index in [0.29, 0.717) is 23.1 Å². The van der Waals surface area contributed by atoms with Crippen LogP contribution in [0.25, 0.3) is 0 Å². The lowest BCUT2D eigenvalue weighted by Gasteiger charge is -2.23. The van der Waals surface area contributed by atoms with Crippen LogP contribution in [-0.4, -0.2) is 25.1 Å². The lowest BCUT2D eigenvalue weighted by molar-refractivity contribution is -0.118. The SMILES string of the molecule is COc1ccc(CC(=O)N(Cc2ccccn2)c2ccc(Cl)cc2)c(OC)c1. The van der Waals surface area contributed by atoms with E-state index in [4.69, 9.17) is 21.1 Å². The average Bonchev–Trinajstić information content (AvgIpc) is 2.73. The molecule has 3 rings (SSSR count). The second-order valence-electron chi connectivity index (χ2n) is 6.13. The van der Waals surface area contributed by atoms with Gasteiger partial charge in [-0.15, -0.1) is 0 Å². The van der Waals surface area contributed by atoms with E-state index in [2.05, 4.69) is 4.98 Å². The third kappa shape index (κ3) is 4.81. The number of carbonyl (C=O) groups is 1. The second-order valence-corrected chi connectivity index (χ2v) is 6.57. The average molecular weight is 397 g/mol. The van der Waals surface area contributed by atoms with Gasteiger partial charge in [0, 0.05) is 28.5 Å². The van der Waals surface area contributed by atoms with Crippen molar-refractivity contribution >= 4 is 23.2 Å². The Morgan fingerprint density at radius 3 is 2.46 bits per heavy atom. The van der Waals surface area contributed by atoms with Crippen molar-refractivity contribution in [2.45, 2.75) is 13.0 Å². The molecule has 1 aromatic heterocycles. The van der Waals surface area contributed by atoms with Crippen LogP contribution in [0.1, 0.15) is 11.3 Å². The molecule has 0 unspecified atom stereocenters. The first kappa shape index (κ1) is 19.7. The highest BCUT2D eigenvalue weighted by atomic mass is 35.5. The van der Waals surface area contributed by atoms with E-state index < -0.39 is 0 Å². The Hall–Kier alpha value is -3.05. The molecule has 0 atom stereocenters. The smallest absolute Gasteiger partial charge is 0.231 e. The first-order valence-corrected chi connectivity index (χ1v) is 9.15. The fraction of sp³-hybridized carbons (Fsp3) is 0.182. The van der Waals surface area contributed by atoms with E-state index in [1.807, 2.05) is 42.5 Å². The zero-order valence-electron chi connectivity index (χ0n) is 15.8. The van der Waals surface area contributed by atoms with Crippen molar-refractivity contribution < 1.29 is 14.3 Å². The van der Waals surface area contributed by atoms with Crippen molar-refractivity contribution in [1.82, 2.24) is 4.98 Å². The summed E-state index contributed by atoms with van der Waals surface area (Å²) >= 11 is 6.01. The van der Waals surface area contributed by atoms with Gasteiger partial charge in [0.1, 0.15) is 11.5 Å². The predicted molar refractivity (Wildman–Crippen MR) is 110 cm³/mol. The number of pyridine rings is 1. The summed E-state index contributed by atoms with van der Waals surface area (Å²) in [5, 5.41) is 0.616. The monoisotopic (exact) mass is 396 g/mol. The number of benzene rings is 2. The summed E-state index contributed by atoms with van der Waals surface area (Å²) in [5.41, 5.74) is 2.34. The molecule has 0 radical (unpaired) electrons. The molecule has 6 heteroatoms. The van der Waals surface area contributed by atoms with Crippen molar-refractivity contribution in [2.24, 2.45) is 0 Å². The number of nitrogens with zero attached hydrogens (tertiary/aromatic N) is 2. The van der Waals surface area contributed by atoms with Gasteiger partial charge in [-0.3, -0.25) is 9.78 Å². The third-order valence-corrected chi connectivity index (χ3v) is 4.57. The van der Waals surface area contributed by atoms with Crippen LogP contribution in [0.2, 0.25) is 5.02 Å². The highest BCUT2D eigenvalue weighted by Gasteiger charge is 2.19. The van der Waals surface area contributed by atoms with Gasteiger partial charge in [0.15, 0.2) is 0 Å². The van der Waals surface area contributed by atoms with Crippen LogP contribution < -0.4 is 14.4 Å². The van der Waals surface area contributed by atoms with Crippen LogP contribution in [0.5, 0.6) is 11.5 Å². The molecule has 144 valence electrons. The zero-order chi connectivity index (χ0) is 19.9. The van der Waals surface area contributed by atoms with Crippen LogP contribution in [-0.2, 0) is 17.8 Å². The molecule has 0 saturated heterocycles. The number of aromatic nitrogens is 1. The largest absolute Gasteiger partial charge is 0.497 e. The van der Waals surface area contributed by atoms with Gasteiger partial charge >= 0.3 is 0 Å². The fourth-order valence-electron chi connectivity index (χ4n) is 2.85. The molecular weight excluding hydrogens is 376 g/mol. The Kier molecular flexibility index (Phi) is 6.50. The summed E-state index contributed by atoms with van der Waals surface area (Å²) in [4.78, 5) is 19.2. The van der Waals surface area contributed by atoms with Crippen molar-refractivity contribution in [3.63, 3.8) is 0 Å². The van der Waals surface area contributed by atoms with Gasteiger partial charge in [0.25, 0.3) is 0 Å². The summed E-state index contributed by atoms with van der Waals surface area (Å²) in [7, 11) is 3.17. The van der Waals surface area contributed by atoms with Crippen molar-refractivity contribution in [3.05, 3.63) is 83.1 Å². The van der Waals surface area contributed by atoms with Crippen LogP contribution in [0.3, 0.4) is 0 Å². The molecule has 0 spiro atoms. The Labute approximate surface area is 169 Å². The molecule has 0 N–H and O–H groups in total. The molecule has 0 fully saturated rings. The lowest BCUT2D eigenvalue weighted by Crippen LogP contribution is -2.32. The van der Waals surface area contributed by atoms with Gasteiger partial charge in [-0.05, 0) is 42.5 Å². The fourth-order valence-corrected chi connectivity index (χ4v) is 2.98. The Bertz CT molecular complexity index is 930. The number of halogens is 1. The van der Waals surface area contributed by atoms with Gasteiger partial charge in [-0.2, -0.15) is 0 Å². The molecule has 5 nitrogen and oxygen atoms in total. The minimum absolute atomic E-state index is 0.0727. The minimum Gasteiger partial charge on any atom is -0.497 e. The van der Waals surface area contributed by atoms with Crippen molar-refractivity contribution in [1.29, 1.82) is 0 Å². The molecule has 0 aliphatic heterocycles. The van der Waals surface area contributed by atoms with E-state index in [1.54, 1.807) is 43.5 Å². The van der Waals surface area contributed by atoms with Gasteiger partial charge in [0.05, 0.1) is 32.9 Å². The molecule has 1 heterocycles. The van der Waals surface area contributed by atoms with Crippen LogP contribution in [0.4, 0.5) is 5.69 Å². The van der Waals surface area contributed by atoms with Gasteiger partial charge in [0.2, 0.25) is 5.91 Å². The number of methoxy groups -OCH3 is 2. The van der Waals surface area contributed by atoms with E-state index >= 15 is 0 Å². The molecule has 2 aromatic carbocycles. The van der Waals surface area contributed by atoms with E-state index in [0.717, 1.165) is 16.9 Å². The lowest BCUT2D eigenvalue weighted by atomic mass is 10.1. The Morgan fingerprint density at radius 1 is 1.04 bits per heavy atom. The molecule has 0 aliphatic rings. The van der Waals surface area contributed by atoms with Crippen molar-refractivity contribution in [3.8, 4) is 11.5 Å². The summed E-state index contributed by atoms with van der Waals surface area (Å²) < 4.78 is 10.7. The van der Waals surface area contributed by atoms with E-state index in [9.17, 15) is 4.79 Å². The molecule has 28 heavy (non-hydrogen) atoms. The molecule has 0 saturated carbocycles. The quantitative estimate of drug-likeness (QED) is 0.588. The van der Waals surface area contributed by atoms with Crippen LogP contribution >= 0.6 is 11.6 Å². The topological polar surface area (TPSA) is 51.7 Å². The molecule has 3 aromatic rings. The molecule has 1 amide bonds. The molecular formula is C22H21ClN2O3. The summed E-state index contributed by atoms with van der Waals surface area (Å²) in [6, 6.07) is 18.3. The maximum atomic E-state index is 13.2. The number of carbonyl (C=O) groups excluding carboxylic acids is 1. The minimum atomic E-state index is -0.0727. The number of hydrogen-bond acceptors (Lipinski definition) is 4. The maximum absolute atomic E-state index is 13.2. The summed E-state index contributed by atoms with van der Waals surface area (Å²) in [6.45, 7) is 0.361. The standard InChI is InChI=1S/C22H21ClN2O3/c1-27-20-11-6-16(21(14-20)28-2)13-22(26)25(15-18-5-3-4-12-24-18)19-9-7-17(23)8-10-19/h3-12,14H,13,15H2,1-2H3. The Balaban J connectivity index is 1.89. The maximum Gasteiger partial charge on any atom is 0.231 e. The summed E-state index contributed by atoms with van der Waals surface area (Å²) in [5.74, 6) is 1.22. The van der Waals surface area contributed by atoms with Crippen LogP contribution in [0.15, 0.2) is 66.9 Å². The number of ether oxygens (including phenoxy) is 2. The number of amides is 1. The van der Waals surface area contributed by atoms with Gasteiger partial charge < -0.3 is 14.4 Å². The molecule has 0 bridgehead atoms. The molecule has 0 aliphatic carbocycles. The first-order chi connectivity index (χ1) is 13.6. The van der Waals surface area contributed by atoms with E-state index in [-0.39, 0.29) is 12.3 Å².